The molecule has 2 rings (SSSR count). The summed E-state index contributed by atoms with van der Waals surface area (Å²) in [7, 11) is 0. The minimum Gasteiger partial charge on any atom is -0.477 e. The monoisotopic (exact) mass is 470 g/mol. The highest BCUT2D eigenvalue weighted by molar-refractivity contribution is 5.76. The number of carbonyl (C=O) groups is 2. The van der Waals surface area contributed by atoms with Gasteiger partial charge in [0.05, 0.1) is 19.3 Å². The van der Waals surface area contributed by atoms with Crippen LogP contribution in [-0.2, 0) is 23.8 Å². The van der Waals surface area contributed by atoms with Crippen LogP contribution in [-0.4, -0.2) is 133 Å². The van der Waals surface area contributed by atoms with E-state index in [0.717, 1.165) is 6.92 Å². The van der Waals surface area contributed by atoms with Crippen molar-refractivity contribution in [2.45, 2.75) is 80.2 Å². The minimum atomic E-state index is -2.57. The molecule has 0 bridgehead atoms. The number of hydrogen-bond acceptors (Lipinski definition) is 13. The maximum Gasteiger partial charge on any atom is 0.364 e. The Balaban J connectivity index is 2.27. The molecule has 0 aromatic carbocycles. The highest BCUT2D eigenvalue weighted by Gasteiger charge is 2.56. The lowest BCUT2D eigenvalue weighted by Gasteiger charge is -2.47. The number of carboxylic acid groups (broad SMARTS) is 1. The van der Waals surface area contributed by atoms with Crippen LogP contribution in [0.1, 0.15) is 13.3 Å². The van der Waals surface area contributed by atoms with E-state index < -0.39 is 98.4 Å². The van der Waals surface area contributed by atoms with Crippen molar-refractivity contribution in [2.75, 3.05) is 13.2 Å². The van der Waals surface area contributed by atoms with Crippen molar-refractivity contribution in [3.63, 3.8) is 0 Å². The highest BCUT2D eigenvalue weighted by atomic mass is 16.7. The van der Waals surface area contributed by atoms with E-state index in [1.807, 2.05) is 0 Å². The van der Waals surface area contributed by atoms with Gasteiger partial charge in [0.1, 0.15) is 42.7 Å². The number of aliphatic hydroxyl groups excluding tert-OH is 7. The Hall–Kier alpha value is -1.50. The molecule has 15 heteroatoms. The van der Waals surface area contributed by atoms with E-state index in [4.69, 9.17) is 25.1 Å². The van der Waals surface area contributed by atoms with Crippen LogP contribution in [0.2, 0.25) is 0 Å². The van der Waals surface area contributed by atoms with E-state index in [1.54, 1.807) is 0 Å². The summed E-state index contributed by atoms with van der Waals surface area (Å²) in [5.41, 5.74) is 6.02. The molecular formula is C17H30N2O13. The molecule has 2 aliphatic heterocycles. The van der Waals surface area contributed by atoms with Gasteiger partial charge in [0, 0.05) is 19.4 Å². The first-order valence-corrected chi connectivity index (χ1v) is 9.77. The number of carboxylic acids is 1. The Morgan fingerprint density at radius 1 is 1.19 bits per heavy atom. The molecule has 2 aliphatic rings. The zero-order chi connectivity index (χ0) is 24.4. The van der Waals surface area contributed by atoms with Crippen LogP contribution in [0.5, 0.6) is 0 Å². The molecule has 186 valence electrons. The van der Waals surface area contributed by atoms with E-state index in [-0.39, 0.29) is 0 Å². The Morgan fingerprint density at radius 2 is 1.81 bits per heavy atom. The third-order valence-corrected chi connectivity index (χ3v) is 5.43. The standard InChI is InChI=1S/C17H30N2O13/c1-5(21)19-9-6(18)2-17(16(28)29,32-14(9)10(23)7(22)3-20)30-4-8-11(24)12(25)13(26)15(27)31-8/h6-15,20,22-27H,2-4,18H2,1H3,(H,19,21)(H,28,29)/t6-,7?,8+,9-,10?,11-,12-,13+,14-,15+,17+/m0/s1. The number of amides is 1. The molecule has 2 unspecified atom stereocenters. The van der Waals surface area contributed by atoms with Crippen LogP contribution in [0.15, 0.2) is 0 Å². The van der Waals surface area contributed by atoms with Crippen LogP contribution in [0, 0.1) is 0 Å². The van der Waals surface area contributed by atoms with Gasteiger partial charge >= 0.3 is 5.97 Å². The fraction of sp³-hybridized carbons (Fsp3) is 0.882. The molecule has 2 heterocycles. The van der Waals surface area contributed by atoms with E-state index in [9.17, 15) is 45.3 Å². The number of carbonyl (C=O) groups excluding carboxylic acids is 1. The van der Waals surface area contributed by atoms with Crippen LogP contribution >= 0.6 is 0 Å². The first-order chi connectivity index (χ1) is 14.8. The van der Waals surface area contributed by atoms with E-state index in [1.165, 1.54) is 0 Å². The summed E-state index contributed by atoms with van der Waals surface area (Å²) >= 11 is 0. The van der Waals surface area contributed by atoms with Crippen molar-refractivity contribution in [1.82, 2.24) is 5.32 Å². The molecule has 15 nitrogen and oxygen atoms in total. The largest absolute Gasteiger partial charge is 0.477 e. The van der Waals surface area contributed by atoms with Crippen molar-refractivity contribution in [1.29, 1.82) is 0 Å². The predicted octanol–water partition coefficient (Wildman–Crippen LogP) is -6.08. The Kier molecular flexibility index (Phi) is 8.88. The van der Waals surface area contributed by atoms with Crippen molar-refractivity contribution in [2.24, 2.45) is 5.73 Å². The molecule has 0 saturated carbocycles. The fourth-order valence-electron chi connectivity index (χ4n) is 3.63. The van der Waals surface area contributed by atoms with E-state index in [0.29, 0.717) is 0 Å². The third kappa shape index (κ3) is 5.52. The van der Waals surface area contributed by atoms with E-state index >= 15 is 0 Å². The lowest BCUT2D eigenvalue weighted by atomic mass is 9.87. The van der Waals surface area contributed by atoms with Crippen molar-refractivity contribution >= 4 is 11.9 Å². The Bertz CT molecular complexity index is 668. The molecule has 11 N–H and O–H groups in total. The topological polar surface area (TPSA) is 262 Å². The van der Waals surface area contributed by atoms with Gasteiger partial charge in [0.25, 0.3) is 5.79 Å². The summed E-state index contributed by atoms with van der Waals surface area (Å²) in [6.07, 6.45) is -14.6. The molecule has 0 aromatic rings. The summed E-state index contributed by atoms with van der Waals surface area (Å²) < 4.78 is 15.7. The SMILES string of the molecule is CC(=O)N[C@@H]1[C@@H](C(O)C(O)CO)O[C@@](OC[C@H]2O[C@@H](O)[C@H](O)[C@@H](O)[C@H]2O)(C(=O)O)C[C@@H]1N. The number of hydrogen-bond donors (Lipinski definition) is 10. The van der Waals surface area contributed by atoms with Crippen molar-refractivity contribution < 1.29 is 64.7 Å². The van der Waals surface area contributed by atoms with Crippen LogP contribution in [0.25, 0.3) is 0 Å². The van der Waals surface area contributed by atoms with Gasteiger partial charge in [-0.25, -0.2) is 4.79 Å². The summed E-state index contributed by atoms with van der Waals surface area (Å²) in [5, 5.41) is 80.5. The molecular weight excluding hydrogens is 440 g/mol. The number of nitrogens with two attached hydrogens (primary N) is 1. The zero-order valence-electron chi connectivity index (χ0n) is 17.1. The van der Waals surface area contributed by atoms with Gasteiger partial charge in [0.15, 0.2) is 6.29 Å². The summed E-state index contributed by atoms with van der Waals surface area (Å²) in [5.74, 6) is -4.87. The van der Waals surface area contributed by atoms with E-state index in [2.05, 4.69) is 5.32 Å². The second kappa shape index (κ2) is 10.6. The molecule has 0 radical (unpaired) electrons. The number of aliphatic hydroxyl groups is 7. The van der Waals surface area contributed by atoms with Crippen molar-refractivity contribution in [3.8, 4) is 0 Å². The van der Waals surface area contributed by atoms with Gasteiger partial charge < -0.3 is 66.1 Å². The molecule has 11 atom stereocenters. The fourth-order valence-corrected chi connectivity index (χ4v) is 3.63. The third-order valence-electron chi connectivity index (χ3n) is 5.43. The first-order valence-electron chi connectivity index (χ1n) is 9.77. The van der Waals surface area contributed by atoms with Crippen LogP contribution in [0.4, 0.5) is 0 Å². The van der Waals surface area contributed by atoms with Gasteiger partial charge in [-0.3, -0.25) is 4.79 Å². The second-order valence-electron chi connectivity index (χ2n) is 7.82. The molecule has 32 heavy (non-hydrogen) atoms. The average Bonchev–Trinajstić information content (AvgIpc) is 2.73. The summed E-state index contributed by atoms with van der Waals surface area (Å²) in [6, 6.07) is -2.35. The average molecular weight is 470 g/mol. The van der Waals surface area contributed by atoms with Crippen LogP contribution < -0.4 is 11.1 Å². The second-order valence-corrected chi connectivity index (χ2v) is 7.82. The van der Waals surface area contributed by atoms with Gasteiger partial charge in [0.2, 0.25) is 5.91 Å². The number of rotatable bonds is 8. The zero-order valence-corrected chi connectivity index (χ0v) is 17.1. The summed E-state index contributed by atoms with van der Waals surface area (Å²) in [4.78, 5) is 23.6. The molecule has 0 aliphatic carbocycles. The summed E-state index contributed by atoms with van der Waals surface area (Å²) in [6.45, 7) is -0.539. The van der Waals surface area contributed by atoms with Gasteiger partial charge in [-0.1, -0.05) is 0 Å². The molecule has 0 spiro atoms. The smallest absolute Gasteiger partial charge is 0.364 e. The van der Waals surface area contributed by atoms with Crippen LogP contribution in [0.3, 0.4) is 0 Å². The molecule has 2 saturated heterocycles. The molecule has 1 amide bonds. The predicted molar refractivity (Wildman–Crippen MR) is 99.4 cm³/mol. The maximum atomic E-state index is 12.1. The highest BCUT2D eigenvalue weighted by Crippen LogP contribution is 2.33. The van der Waals surface area contributed by atoms with Gasteiger partial charge in [-0.05, 0) is 0 Å². The van der Waals surface area contributed by atoms with Gasteiger partial charge in [-0.15, -0.1) is 0 Å². The van der Waals surface area contributed by atoms with Gasteiger partial charge in [-0.2, -0.15) is 0 Å². The normalized spacial score (nSPS) is 42.2. The first kappa shape index (κ1) is 26.7. The number of nitrogens with one attached hydrogen (secondary N) is 1. The van der Waals surface area contributed by atoms with Crippen molar-refractivity contribution in [3.05, 3.63) is 0 Å². The number of ether oxygens (including phenoxy) is 3. The lowest BCUT2D eigenvalue weighted by Crippen LogP contribution is -2.70. The molecule has 2 fully saturated rings. The Morgan fingerprint density at radius 3 is 2.34 bits per heavy atom. The Labute approximate surface area is 181 Å². The molecule has 0 aromatic heterocycles. The maximum absolute atomic E-state index is 12.1. The lowest BCUT2D eigenvalue weighted by molar-refractivity contribution is -0.327. The quantitative estimate of drug-likeness (QED) is 0.158. The number of aliphatic carboxylic acids is 1. The minimum absolute atomic E-state index is 0.567.